The molecule has 0 aliphatic heterocycles. The number of hydrogen-bond acceptors (Lipinski definition) is 2. The molecule has 0 amide bonds. The Morgan fingerprint density at radius 3 is 2.03 bits per heavy atom. The van der Waals surface area contributed by atoms with Crippen molar-refractivity contribution in [3.05, 3.63) is 106 Å². The summed E-state index contributed by atoms with van der Waals surface area (Å²) in [6, 6.07) is 9.34. The molecule has 0 aliphatic rings. The predicted molar refractivity (Wildman–Crippen MR) is 129 cm³/mol. The van der Waals surface area contributed by atoms with Gasteiger partial charge in [-0.3, -0.25) is 0 Å². The smallest absolute Gasteiger partial charge is 0.426 e. The third-order valence-electron chi connectivity index (χ3n) is 6.09. The van der Waals surface area contributed by atoms with E-state index in [-0.39, 0.29) is 10.9 Å². The minimum atomic E-state index is -3.97. The molecular weight excluding hydrogens is 532 g/mol. The molecule has 4 aromatic rings. The summed E-state index contributed by atoms with van der Waals surface area (Å²) in [5.41, 5.74) is 0.263. The zero-order chi connectivity index (χ0) is 28.3. The van der Waals surface area contributed by atoms with Crippen LogP contribution in [-0.4, -0.2) is 0 Å². The fourth-order valence-electron chi connectivity index (χ4n) is 4.04. The monoisotopic (exact) mass is 554 g/mol. The highest BCUT2D eigenvalue weighted by Gasteiger charge is 2.36. The number of rotatable bonds is 10. The molecule has 4 rings (SSSR count). The summed E-state index contributed by atoms with van der Waals surface area (Å²) in [6.45, 7) is 1.45. The lowest BCUT2D eigenvalue weighted by Gasteiger charge is -2.19. The first-order valence-corrected chi connectivity index (χ1v) is 12.0. The van der Waals surface area contributed by atoms with Gasteiger partial charge in [0.05, 0.1) is 10.9 Å². The second kappa shape index (κ2) is 11.5. The van der Waals surface area contributed by atoms with Crippen LogP contribution in [0.2, 0.25) is 0 Å². The van der Waals surface area contributed by atoms with E-state index < -0.39 is 70.1 Å². The first kappa shape index (κ1) is 28.2. The Hall–Kier alpha value is -3.82. The summed E-state index contributed by atoms with van der Waals surface area (Å²) in [5, 5.41) is -1.11. The predicted octanol–water partition coefficient (Wildman–Crippen LogP) is 9.11. The van der Waals surface area contributed by atoms with E-state index in [0.29, 0.717) is 6.07 Å². The summed E-state index contributed by atoms with van der Waals surface area (Å²) in [7, 11) is 0. The molecule has 0 N–H and O–H groups in total. The van der Waals surface area contributed by atoms with Gasteiger partial charge in [0.2, 0.25) is 11.6 Å². The number of halogens is 8. The molecule has 0 aromatic heterocycles. The molecule has 206 valence electrons. The van der Waals surface area contributed by atoms with Gasteiger partial charge < -0.3 is 9.47 Å². The molecule has 0 spiro atoms. The second-order valence-electron chi connectivity index (χ2n) is 8.91. The van der Waals surface area contributed by atoms with Gasteiger partial charge in [-0.15, -0.1) is 0 Å². The van der Waals surface area contributed by atoms with Crippen LogP contribution in [-0.2, 0) is 19.1 Å². The van der Waals surface area contributed by atoms with Crippen molar-refractivity contribution in [3.8, 4) is 11.5 Å². The van der Waals surface area contributed by atoms with Gasteiger partial charge in [-0.2, -0.15) is 17.6 Å². The van der Waals surface area contributed by atoms with E-state index in [4.69, 9.17) is 4.74 Å². The number of alkyl halides is 2. The fourth-order valence-corrected chi connectivity index (χ4v) is 4.04. The molecule has 2 nitrogen and oxygen atoms in total. The molecule has 0 saturated heterocycles. The lowest BCUT2D eigenvalue weighted by atomic mass is 10.1. The van der Waals surface area contributed by atoms with Crippen molar-refractivity contribution in [3.63, 3.8) is 0 Å². The van der Waals surface area contributed by atoms with Crippen LogP contribution in [0, 0.1) is 34.9 Å². The molecule has 0 aliphatic carbocycles. The zero-order valence-electron chi connectivity index (χ0n) is 20.6. The lowest BCUT2D eigenvalue weighted by molar-refractivity contribution is -0.187. The van der Waals surface area contributed by atoms with Crippen molar-refractivity contribution in [2.24, 2.45) is 0 Å². The van der Waals surface area contributed by atoms with Crippen LogP contribution in [0.25, 0.3) is 10.8 Å². The van der Waals surface area contributed by atoms with E-state index in [1.807, 2.05) is 6.92 Å². The van der Waals surface area contributed by atoms with Crippen LogP contribution in [0.3, 0.4) is 0 Å². The largest absolute Gasteiger partial charge is 0.486 e. The van der Waals surface area contributed by atoms with Crippen LogP contribution < -0.4 is 9.47 Å². The Morgan fingerprint density at radius 1 is 0.667 bits per heavy atom. The van der Waals surface area contributed by atoms with Crippen molar-refractivity contribution in [2.75, 3.05) is 0 Å². The Balaban J connectivity index is 1.48. The molecule has 0 fully saturated rings. The Kier molecular flexibility index (Phi) is 8.32. The van der Waals surface area contributed by atoms with Crippen LogP contribution in [0.5, 0.6) is 11.5 Å². The van der Waals surface area contributed by atoms with E-state index in [0.717, 1.165) is 67.6 Å². The van der Waals surface area contributed by atoms with Gasteiger partial charge in [-0.05, 0) is 71.8 Å². The van der Waals surface area contributed by atoms with Crippen LogP contribution in [0.1, 0.15) is 42.9 Å². The van der Waals surface area contributed by atoms with Crippen molar-refractivity contribution < 1.29 is 44.6 Å². The van der Waals surface area contributed by atoms with E-state index >= 15 is 0 Å². The SMILES string of the molecule is CCCCCc1ccc(C(F)(F)Oc2ccc(OCc3cc(F)c4c(F)c(F)c(F)cc4c3)c(F)c2F)cc1. The molecule has 39 heavy (non-hydrogen) atoms. The molecule has 4 aromatic carbocycles. The standard InChI is InChI=1S/C29H22F8O2/c1-2-3-4-5-16-6-8-19(9-7-16)29(36,37)39-23-11-10-22(26(33)27(23)34)38-15-17-12-18-14-21(31)25(32)28(35)24(18)20(30)13-17/h6-14H,2-5,15H2,1H3. The molecule has 10 heteroatoms. The first-order valence-electron chi connectivity index (χ1n) is 12.0. The highest BCUT2D eigenvalue weighted by atomic mass is 19.3. The topological polar surface area (TPSA) is 18.5 Å². The number of unbranched alkanes of at least 4 members (excludes halogenated alkanes) is 2. The Morgan fingerprint density at radius 2 is 1.33 bits per heavy atom. The van der Waals surface area contributed by atoms with Crippen molar-refractivity contribution in [1.82, 2.24) is 0 Å². The summed E-state index contributed by atoms with van der Waals surface area (Å²) < 4.78 is 123. The van der Waals surface area contributed by atoms with Crippen LogP contribution in [0.15, 0.2) is 54.6 Å². The quantitative estimate of drug-likeness (QED) is 0.111. The highest BCUT2D eigenvalue weighted by molar-refractivity contribution is 5.84. The van der Waals surface area contributed by atoms with Gasteiger partial charge in [0, 0.05) is 0 Å². The highest BCUT2D eigenvalue weighted by Crippen LogP contribution is 2.36. The number of benzene rings is 4. The first-order chi connectivity index (χ1) is 18.5. The maximum absolute atomic E-state index is 14.7. The van der Waals surface area contributed by atoms with Crippen molar-refractivity contribution >= 4 is 10.8 Å². The summed E-state index contributed by atoms with van der Waals surface area (Å²) in [4.78, 5) is 0. The number of fused-ring (bicyclic) bond motifs is 1. The summed E-state index contributed by atoms with van der Waals surface area (Å²) >= 11 is 0. The van der Waals surface area contributed by atoms with Gasteiger partial charge >= 0.3 is 6.11 Å². The average molecular weight is 554 g/mol. The molecule has 0 unspecified atom stereocenters. The third-order valence-corrected chi connectivity index (χ3v) is 6.09. The van der Waals surface area contributed by atoms with E-state index in [1.54, 1.807) is 0 Å². The number of hydrogen-bond donors (Lipinski definition) is 0. The van der Waals surface area contributed by atoms with Crippen molar-refractivity contribution in [1.29, 1.82) is 0 Å². The number of ether oxygens (including phenoxy) is 2. The summed E-state index contributed by atoms with van der Waals surface area (Å²) in [6.07, 6.45) is -0.312. The van der Waals surface area contributed by atoms with Gasteiger partial charge in [-0.25, -0.2) is 17.6 Å². The normalized spacial score (nSPS) is 11.7. The second-order valence-corrected chi connectivity index (χ2v) is 8.91. The van der Waals surface area contributed by atoms with Gasteiger partial charge in [0.1, 0.15) is 12.4 Å². The van der Waals surface area contributed by atoms with Crippen molar-refractivity contribution in [2.45, 2.75) is 45.3 Å². The molecule has 0 saturated carbocycles. The molecular formula is C29H22F8O2. The van der Waals surface area contributed by atoms with Gasteiger partial charge in [0.25, 0.3) is 0 Å². The Labute approximate surface area is 218 Å². The minimum absolute atomic E-state index is 0.0461. The average Bonchev–Trinajstić information content (AvgIpc) is 2.89. The summed E-state index contributed by atoms with van der Waals surface area (Å²) in [5.74, 6) is -11.5. The van der Waals surface area contributed by atoms with Gasteiger partial charge in [0.15, 0.2) is 29.0 Å². The number of aryl methyl sites for hydroxylation is 1. The molecule has 0 bridgehead atoms. The zero-order valence-corrected chi connectivity index (χ0v) is 20.6. The maximum atomic E-state index is 14.7. The molecule has 0 atom stereocenters. The van der Waals surface area contributed by atoms with E-state index in [9.17, 15) is 35.1 Å². The fraction of sp³-hybridized carbons (Fsp3) is 0.241. The van der Waals surface area contributed by atoms with Gasteiger partial charge in [-0.1, -0.05) is 31.9 Å². The molecule has 0 heterocycles. The molecule has 0 radical (unpaired) electrons. The third kappa shape index (κ3) is 6.10. The lowest BCUT2D eigenvalue weighted by Crippen LogP contribution is -2.22. The minimum Gasteiger partial charge on any atom is -0.486 e. The van der Waals surface area contributed by atoms with E-state index in [1.165, 1.54) is 12.1 Å². The van der Waals surface area contributed by atoms with Crippen LogP contribution in [0.4, 0.5) is 35.1 Å². The Bertz CT molecular complexity index is 1490. The maximum Gasteiger partial charge on any atom is 0.426 e. The van der Waals surface area contributed by atoms with E-state index in [2.05, 4.69) is 4.74 Å². The van der Waals surface area contributed by atoms with Crippen LogP contribution >= 0.6 is 0 Å².